The molecule has 148 valence electrons. The van der Waals surface area contributed by atoms with Crippen LogP contribution in [0.25, 0.3) is 0 Å². The minimum atomic E-state index is -1.08. The Morgan fingerprint density at radius 2 is 1.89 bits per heavy atom. The molecule has 0 radical (unpaired) electrons. The summed E-state index contributed by atoms with van der Waals surface area (Å²) in [5.41, 5.74) is -0.286. The Kier molecular flexibility index (Phi) is 5.16. The van der Waals surface area contributed by atoms with E-state index in [1.54, 1.807) is 52.0 Å². The van der Waals surface area contributed by atoms with E-state index in [-0.39, 0.29) is 12.0 Å². The van der Waals surface area contributed by atoms with Gasteiger partial charge in [-0.25, -0.2) is 9.59 Å². The molecule has 2 aliphatic rings. The van der Waals surface area contributed by atoms with Crippen molar-refractivity contribution in [1.29, 1.82) is 0 Å². The molecule has 2 amide bonds. The SMILES string of the molecule is CC[N+]([O-])(C(=O)C1CC2(CC2)CN1C(=O)OC(C)(C)C)c1ccc(Br)cc1. The zero-order valence-corrected chi connectivity index (χ0v) is 17.9. The molecule has 1 aliphatic carbocycles. The Morgan fingerprint density at radius 3 is 2.37 bits per heavy atom. The average molecular weight is 439 g/mol. The maximum atomic E-state index is 13.5. The van der Waals surface area contributed by atoms with Crippen LogP contribution in [0.5, 0.6) is 0 Å². The van der Waals surface area contributed by atoms with E-state index >= 15 is 0 Å². The lowest BCUT2D eigenvalue weighted by Gasteiger charge is -2.41. The highest BCUT2D eigenvalue weighted by molar-refractivity contribution is 9.10. The van der Waals surface area contributed by atoms with Crippen molar-refractivity contribution in [2.24, 2.45) is 5.41 Å². The first-order valence-electron chi connectivity index (χ1n) is 9.39. The van der Waals surface area contributed by atoms with E-state index in [1.807, 2.05) is 0 Å². The number of hydrogen-bond acceptors (Lipinski definition) is 4. The van der Waals surface area contributed by atoms with Crippen LogP contribution in [0, 0.1) is 10.6 Å². The van der Waals surface area contributed by atoms with Gasteiger partial charge >= 0.3 is 12.0 Å². The number of rotatable bonds is 3. The van der Waals surface area contributed by atoms with Crippen molar-refractivity contribution in [1.82, 2.24) is 9.55 Å². The Bertz CT molecular complexity index is 739. The highest BCUT2D eigenvalue weighted by Crippen LogP contribution is 2.55. The van der Waals surface area contributed by atoms with Gasteiger partial charge in [0.15, 0.2) is 6.04 Å². The number of benzene rings is 1. The zero-order chi connectivity index (χ0) is 20.0. The third kappa shape index (κ3) is 4.05. The van der Waals surface area contributed by atoms with Gasteiger partial charge in [0.25, 0.3) is 0 Å². The van der Waals surface area contributed by atoms with Gasteiger partial charge in [-0.2, -0.15) is 0 Å². The second-order valence-corrected chi connectivity index (χ2v) is 9.61. The second-order valence-electron chi connectivity index (χ2n) is 8.70. The summed E-state index contributed by atoms with van der Waals surface area (Å²) in [6.07, 6.45) is 2.01. The fourth-order valence-electron chi connectivity index (χ4n) is 3.72. The summed E-state index contributed by atoms with van der Waals surface area (Å²) in [6, 6.07) is 6.09. The van der Waals surface area contributed by atoms with Crippen LogP contribution in [-0.2, 0) is 9.53 Å². The number of ether oxygens (including phenoxy) is 1. The van der Waals surface area contributed by atoms with Crippen molar-refractivity contribution in [2.45, 2.75) is 58.6 Å². The third-order valence-corrected chi connectivity index (χ3v) is 5.95. The summed E-state index contributed by atoms with van der Waals surface area (Å²) in [6.45, 7) is 7.66. The van der Waals surface area contributed by atoms with Crippen molar-refractivity contribution in [3.8, 4) is 0 Å². The molecule has 3 rings (SSSR count). The molecule has 1 aliphatic heterocycles. The van der Waals surface area contributed by atoms with E-state index in [2.05, 4.69) is 15.9 Å². The van der Waals surface area contributed by atoms with Crippen molar-refractivity contribution in [3.63, 3.8) is 0 Å². The smallest absolute Gasteiger partial charge is 0.411 e. The second kappa shape index (κ2) is 6.87. The topological polar surface area (TPSA) is 69.7 Å². The predicted octanol–water partition coefficient (Wildman–Crippen LogP) is 4.59. The van der Waals surface area contributed by atoms with E-state index in [4.69, 9.17) is 4.74 Å². The highest BCUT2D eigenvalue weighted by atomic mass is 79.9. The molecule has 1 aromatic carbocycles. The Morgan fingerprint density at radius 1 is 1.30 bits per heavy atom. The molecule has 1 aromatic rings. The normalized spacial score (nSPS) is 23.2. The molecule has 2 unspecified atom stereocenters. The molecular formula is C20H27BrN2O4. The molecule has 27 heavy (non-hydrogen) atoms. The molecule has 2 atom stereocenters. The maximum absolute atomic E-state index is 13.5. The van der Waals surface area contributed by atoms with E-state index in [1.165, 1.54) is 4.90 Å². The first-order chi connectivity index (χ1) is 12.5. The standard InChI is InChI=1S/C20H27BrN2O4/c1-5-23(26,15-8-6-14(21)7-9-15)17(24)16-12-20(10-11-20)13-22(16)18(25)27-19(2,3)4/h6-9,16H,5,10-13H2,1-4H3. The van der Waals surface area contributed by atoms with E-state index in [9.17, 15) is 14.8 Å². The van der Waals surface area contributed by atoms with E-state index < -0.39 is 28.3 Å². The monoisotopic (exact) mass is 438 g/mol. The lowest BCUT2D eigenvalue weighted by Crippen LogP contribution is -2.57. The quantitative estimate of drug-likeness (QED) is 0.510. The Hall–Kier alpha value is -1.44. The van der Waals surface area contributed by atoms with Crippen LogP contribution in [0.2, 0.25) is 0 Å². The minimum absolute atomic E-state index is 0.0183. The lowest BCUT2D eigenvalue weighted by atomic mass is 10.0. The number of likely N-dealkylation sites (tertiary alicyclic amines) is 1. The van der Waals surface area contributed by atoms with Crippen LogP contribution in [0.1, 0.15) is 47.0 Å². The number of carbonyl (C=O) groups is 2. The van der Waals surface area contributed by atoms with Gasteiger partial charge in [-0.3, -0.25) is 9.55 Å². The number of hydroxylamine groups is 2. The Balaban J connectivity index is 1.89. The third-order valence-electron chi connectivity index (χ3n) is 5.42. The number of carbonyl (C=O) groups excluding carboxylic acids is 2. The number of likely N-dealkylation sites (N-methyl/N-ethyl adjacent to an activating group) is 1. The minimum Gasteiger partial charge on any atom is -0.620 e. The molecule has 6 nitrogen and oxygen atoms in total. The van der Waals surface area contributed by atoms with E-state index in [0.717, 1.165) is 17.3 Å². The number of halogens is 1. The largest absolute Gasteiger partial charge is 0.620 e. The van der Waals surface area contributed by atoms with Gasteiger partial charge in [-0.15, -0.1) is 0 Å². The van der Waals surface area contributed by atoms with Gasteiger partial charge in [0.1, 0.15) is 11.3 Å². The Labute approximate surface area is 168 Å². The number of nitrogens with zero attached hydrogens (tertiary/aromatic N) is 2. The van der Waals surface area contributed by atoms with Gasteiger partial charge in [-0.1, -0.05) is 15.9 Å². The van der Waals surface area contributed by atoms with Crippen LogP contribution in [0.3, 0.4) is 0 Å². The molecule has 1 saturated carbocycles. The maximum Gasteiger partial charge on any atom is 0.411 e. The van der Waals surface area contributed by atoms with Crippen LogP contribution in [-0.4, -0.2) is 41.6 Å². The summed E-state index contributed by atoms with van der Waals surface area (Å²) in [4.78, 5) is 27.6. The fourth-order valence-corrected chi connectivity index (χ4v) is 3.98. The molecule has 0 N–H and O–H groups in total. The summed E-state index contributed by atoms with van der Waals surface area (Å²) >= 11 is 3.35. The molecule has 7 heteroatoms. The van der Waals surface area contributed by atoms with Gasteiger partial charge < -0.3 is 9.94 Å². The average Bonchev–Trinajstić information content (AvgIpc) is 3.23. The van der Waals surface area contributed by atoms with Crippen molar-refractivity contribution in [2.75, 3.05) is 13.1 Å². The molecule has 0 bridgehead atoms. The predicted molar refractivity (Wildman–Crippen MR) is 108 cm³/mol. The summed E-state index contributed by atoms with van der Waals surface area (Å²) < 4.78 is 5.28. The molecule has 0 aromatic heterocycles. The highest BCUT2D eigenvalue weighted by Gasteiger charge is 2.58. The molecule has 2 fully saturated rings. The van der Waals surface area contributed by atoms with Crippen molar-refractivity contribution >= 4 is 33.6 Å². The first-order valence-corrected chi connectivity index (χ1v) is 10.2. The first kappa shape index (κ1) is 20.3. The summed E-state index contributed by atoms with van der Waals surface area (Å²) in [5.74, 6) is -0.491. The van der Waals surface area contributed by atoms with Crippen LogP contribution < -0.4 is 4.65 Å². The van der Waals surface area contributed by atoms with Crippen molar-refractivity contribution < 1.29 is 14.3 Å². The van der Waals surface area contributed by atoms with Crippen molar-refractivity contribution in [3.05, 3.63) is 33.9 Å². The number of amides is 2. The molecular weight excluding hydrogens is 412 g/mol. The zero-order valence-electron chi connectivity index (χ0n) is 16.3. The fraction of sp³-hybridized carbons (Fsp3) is 0.600. The van der Waals surface area contributed by atoms with Gasteiger partial charge in [0.2, 0.25) is 0 Å². The van der Waals surface area contributed by atoms with Gasteiger partial charge in [0.05, 0.1) is 6.54 Å². The number of quaternary nitrogens is 1. The molecule has 1 spiro atoms. The van der Waals surface area contributed by atoms with Gasteiger partial charge in [-0.05, 0) is 64.5 Å². The van der Waals surface area contributed by atoms with E-state index in [0.29, 0.717) is 18.7 Å². The summed E-state index contributed by atoms with van der Waals surface area (Å²) in [7, 11) is 0. The van der Waals surface area contributed by atoms with Crippen LogP contribution in [0.15, 0.2) is 28.7 Å². The number of hydrogen-bond donors (Lipinski definition) is 0. The molecule has 1 heterocycles. The van der Waals surface area contributed by atoms with Crippen LogP contribution >= 0.6 is 15.9 Å². The lowest BCUT2D eigenvalue weighted by molar-refractivity contribution is -0.132. The van der Waals surface area contributed by atoms with Crippen LogP contribution in [0.4, 0.5) is 10.5 Å². The summed E-state index contributed by atoms with van der Waals surface area (Å²) in [5, 5.41) is 13.5. The molecule has 1 saturated heterocycles. The van der Waals surface area contributed by atoms with Gasteiger partial charge in [0, 0.05) is 23.2 Å².